The number of aromatic nitrogens is 1. The summed E-state index contributed by atoms with van der Waals surface area (Å²) in [4.78, 5) is 21.5. The zero-order valence-electron chi connectivity index (χ0n) is 12.1. The van der Waals surface area contributed by atoms with Gasteiger partial charge in [-0.1, -0.05) is 11.3 Å². The van der Waals surface area contributed by atoms with Gasteiger partial charge in [0.2, 0.25) is 0 Å². The van der Waals surface area contributed by atoms with Crippen molar-refractivity contribution in [3.05, 3.63) is 4.88 Å². The average molecular weight is 294 g/mol. The van der Waals surface area contributed by atoms with Gasteiger partial charge in [-0.25, -0.2) is 4.98 Å². The van der Waals surface area contributed by atoms with Gasteiger partial charge in [-0.05, 0) is 37.5 Å². The van der Waals surface area contributed by atoms with Gasteiger partial charge in [0.05, 0.1) is 0 Å². The maximum atomic E-state index is 12.7. The molecular formula is C14H22N4OS. The van der Waals surface area contributed by atoms with Gasteiger partial charge in [-0.2, -0.15) is 0 Å². The Morgan fingerprint density at radius 1 is 1.25 bits per heavy atom. The van der Waals surface area contributed by atoms with E-state index in [0.717, 1.165) is 18.2 Å². The number of thiazole rings is 1. The highest BCUT2D eigenvalue weighted by Crippen LogP contribution is 2.36. The van der Waals surface area contributed by atoms with Crippen LogP contribution in [0.5, 0.6) is 0 Å². The van der Waals surface area contributed by atoms with Crippen LogP contribution in [0, 0.1) is 11.8 Å². The van der Waals surface area contributed by atoms with Gasteiger partial charge in [0, 0.05) is 27.2 Å². The monoisotopic (exact) mass is 294 g/mol. The topological polar surface area (TPSA) is 62.5 Å². The van der Waals surface area contributed by atoms with Gasteiger partial charge in [0.15, 0.2) is 5.13 Å². The fraction of sp³-hybridized carbons (Fsp3) is 0.714. The zero-order chi connectivity index (χ0) is 14.3. The van der Waals surface area contributed by atoms with Crippen molar-refractivity contribution in [3.8, 4) is 0 Å². The molecule has 1 aromatic rings. The molecule has 2 aliphatic rings. The SMILES string of the molecule is CN(C)c1nc(N)c(C(=O)N(CC2CC2)CC2CC2)s1. The fourth-order valence-electron chi connectivity index (χ4n) is 2.27. The summed E-state index contributed by atoms with van der Waals surface area (Å²) in [7, 11) is 3.83. The first-order chi connectivity index (χ1) is 9.54. The summed E-state index contributed by atoms with van der Waals surface area (Å²) in [6.45, 7) is 1.79. The van der Waals surface area contributed by atoms with Gasteiger partial charge < -0.3 is 15.5 Å². The maximum absolute atomic E-state index is 12.7. The van der Waals surface area contributed by atoms with E-state index < -0.39 is 0 Å². The van der Waals surface area contributed by atoms with Crippen LogP contribution in [0.2, 0.25) is 0 Å². The number of hydrogen-bond donors (Lipinski definition) is 1. The van der Waals surface area contributed by atoms with E-state index in [2.05, 4.69) is 4.98 Å². The number of rotatable bonds is 6. The minimum absolute atomic E-state index is 0.0758. The second kappa shape index (κ2) is 5.24. The number of nitrogen functional groups attached to an aromatic ring is 1. The molecule has 1 heterocycles. The minimum atomic E-state index is 0.0758. The highest BCUT2D eigenvalue weighted by molar-refractivity contribution is 7.18. The average Bonchev–Trinajstić information content (AvgIpc) is 3.30. The molecule has 1 aromatic heterocycles. The van der Waals surface area contributed by atoms with Crippen LogP contribution in [0.4, 0.5) is 10.9 Å². The molecule has 0 unspecified atom stereocenters. The molecule has 0 bridgehead atoms. The van der Waals surface area contributed by atoms with Crippen LogP contribution in [0.25, 0.3) is 0 Å². The van der Waals surface area contributed by atoms with E-state index in [4.69, 9.17) is 5.73 Å². The summed E-state index contributed by atoms with van der Waals surface area (Å²) in [6, 6.07) is 0. The number of nitrogens with zero attached hydrogens (tertiary/aromatic N) is 3. The van der Waals surface area contributed by atoms with E-state index in [1.807, 2.05) is 23.9 Å². The van der Waals surface area contributed by atoms with E-state index in [9.17, 15) is 4.79 Å². The third kappa shape index (κ3) is 3.06. The Morgan fingerprint density at radius 2 is 1.80 bits per heavy atom. The molecule has 2 fully saturated rings. The lowest BCUT2D eigenvalue weighted by Gasteiger charge is -2.22. The lowest BCUT2D eigenvalue weighted by molar-refractivity contribution is 0.0745. The van der Waals surface area contributed by atoms with E-state index in [-0.39, 0.29) is 5.91 Å². The van der Waals surface area contributed by atoms with Gasteiger partial charge >= 0.3 is 0 Å². The van der Waals surface area contributed by atoms with Crippen LogP contribution >= 0.6 is 11.3 Å². The van der Waals surface area contributed by atoms with Crippen molar-refractivity contribution in [2.24, 2.45) is 11.8 Å². The van der Waals surface area contributed by atoms with Crippen molar-refractivity contribution < 1.29 is 4.79 Å². The molecule has 3 rings (SSSR count). The van der Waals surface area contributed by atoms with Crippen molar-refractivity contribution >= 4 is 28.2 Å². The maximum Gasteiger partial charge on any atom is 0.267 e. The Hall–Kier alpha value is -1.30. The molecule has 0 radical (unpaired) electrons. The third-order valence-electron chi connectivity index (χ3n) is 3.86. The van der Waals surface area contributed by atoms with Gasteiger partial charge in [-0.15, -0.1) is 0 Å². The first kappa shape index (κ1) is 13.7. The second-order valence-electron chi connectivity index (χ2n) is 6.20. The first-order valence-corrected chi connectivity index (χ1v) is 8.09. The summed E-state index contributed by atoms with van der Waals surface area (Å²) in [5, 5.41) is 0.795. The lowest BCUT2D eigenvalue weighted by atomic mass is 10.3. The number of carbonyl (C=O) groups is 1. The Bertz CT molecular complexity index is 491. The normalized spacial score (nSPS) is 18.1. The molecule has 20 heavy (non-hydrogen) atoms. The van der Waals surface area contributed by atoms with Crippen molar-refractivity contribution in [2.45, 2.75) is 25.7 Å². The highest BCUT2D eigenvalue weighted by Gasteiger charge is 2.33. The van der Waals surface area contributed by atoms with Crippen molar-refractivity contribution in [2.75, 3.05) is 37.8 Å². The lowest BCUT2D eigenvalue weighted by Crippen LogP contribution is -2.34. The van der Waals surface area contributed by atoms with Crippen LogP contribution < -0.4 is 10.6 Å². The Morgan fingerprint density at radius 3 is 2.20 bits per heavy atom. The number of carbonyl (C=O) groups excluding carboxylic acids is 1. The summed E-state index contributed by atoms with van der Waals surface area (Å²) >= 11 is 1.40. The zero-order valence-corrected chi connectivity index (χ0v) is 12.9. The van der Waals surface area contributed by atoms with Gasteiger partial charge in [0.25, 0.3) is 5.91 Å². The van der Waals surface area contributed by atoms with Crippen LogP contribution in [0.3, 0.4) is 0 Å². The minimum Gasteiger partial charge on any atom is -0.382 e. The Balaban J connectivity index is 1.76. The molecule has 0 aliphatic heterocycles. The van der Waals surface area contributed by atoms with Crippen LogP contribution in [-0.4, -0.2) is 43.0 Å². The summed E-state index contributed by atoms with van der Waals surface area (Å²) < 4.78 is 0. The standard InChI is InChI=1S/C14H22N4OS/c1-17(2)14-16-12(15)11(20-14)13(19)18(7-9-3-4-9)8-10-5-6-10/h9-10H,3-8,15H2,1-2H3. The second-order valence-corrected chi connectivity index (χ2v) is 7.18. The predicted molar refractivity (Wildman–Crippen MR) is 82.2 cm³/mol. The molecular weight excluding hydrogens is 272 g/mol. The molecule has 2 aliphatic carbocycles. The van der Waals surface area contributed by atoms with Crippen LogP contribution in [-0.2, 0) is 0 Å². The highest BCUT2D eigenvalue weighted by atomic mass is 32.1. The molecule has 5 nitrogen and oxygen atoms in total. The van der Waals surface area contributed by atoms with E-state index in [1.165, 1.54) is 37.0 Å². The smallest absolute Gasteiger partial charge is 0.267 e. The number of anilines is 2. The number of hydrogen-bond acceptors (Lipinski definition) is 5. The molecule has 2 N–H and O–H groups in total. The molecule has 0 spiro atoms. The molecule has 0 atom stereocenters. The Labute approximate surface area is 123 Å². The molecule has 2 saturated carbocycles. The molecule has 1 amide bonds. The quantitative estimate of drug-likeness (QED) is 0.872. The summed E-state index contributed by atoms with van der Waals surface area (Å²) in [5.74, 6) is 1.87. The van der Waals surface area contributed by atoms with E-state index >= 15 is 0 Å². The number of amides is 1. The molecule has 0 saturated heterocycles. The van der Waals surface area contributed by atoms with Gasteiger partial charge in [0.1, 0.15) is 10.7 Å². The van der Waals surface area contributed by atoms with E-state index in [0.29, 0.717) is 22.5 Å². The van der Waals surface area contributed by atoms with Crippen molar-refractivity contribution in [3.63, 3.8) is 0 Å². The summed E-state index contributed by atoms with van der Waals surface area (Å²) in [5.41, 5.74) is 5.94. The summed E-state index contributed by atoms with van der Waals surface area (Å²) in [6.07, 6.45) is 5.04. The van der Waals surface area contributed by atoms with Crippen molar-refractivity contribution in [1.82, 2.24) is 9.88 Å². The molecule has 0 aromatic carbocycles. The van der Waals surface area contributed by atoms with Gasteiger partial charge in [-0.3, -0.25) is 4.79 Å². The molecule has 6 heteroatoms. The Kier molecular flexibility index (Phi) is 3.58. The van der Waals surface area contributed by atoms with Crippen LogP contribution in [0.1, 0.15) is 35.4 Å². The van der Waals surface area contributed by atoms with E-state index in [1.54, 1.807) is 0 Å². The largest absolute Gasteiger partial charge is 0.382 e. The fourth-order valence-corrected chi connectivity index (χ4v) is 3.15. The third-order valence-corrected chi connectivity index (χ3v) is 5.08. The molecule has 110 valence electrons. The van der Waals surface area contributed by atoms with Crippen LogP contribution in [0.15, 0.2) is 0 Å². The predicted octanol–water partition coefficient (Wildman–Crippen LogP) is 2.05. The number of nitrogens with two attached hydrogens (primary N) is 1. The van der Waals surface area contributed by atoms with Crippen molar-refractivity contribution in [1.29, 1.82) is 0 Å². The first-order valence-electron chi connectivity index (χ1n) is 7.27.